The van der Waals surface area contributed by atoms with Crippen LogP contribution in [0.4, 0.5) is 0 Å². The van der Waals surface area contributed by atoms with Gasteiger partial charge in [-0.15, -0.1) is 12.4 Å². The van der Waals surface area contributed by atoms with Gasteiger partial charge in [-0.2, -0.15) is 4.98 Å². The maximum Gasteiger partial charge on any atom is 0.227 e. The molecule has 0 bridgehead atoms. The molecule has 0 aliphatic rings. The van der Waals surface area contributed by atoms with Crippen LogP contribution >= 0.6 is 12.4 Å². The van der Waals surface area contributed by atoms with E-state index in [-0.39, 0.29) is 30.6 Å². The molecule has 0 saturated carbocycles. The Bertz CT molecular complexity index is 714. The van der Waals surface area contributed by atoms with Crippen molar-refractivity contribution >= 4 is 22.2 Å². The lowest BCUT2D eigenvalue weighted by molar-refractivity contribution is 0.374. The maximum absolute atomic E-state index is 12.2. The molecule has 2 aromatic rings. The van der Waals surface area contributed by atoms with E-state index in [2.05, 4.69) is 15.5 Å². The molecule has 128 valence electrons. The van der Waals surface area contributed by atoms with Crippen LogP contribution in [-0.4, -0.2) is 37.4 Å². The van der Waals surface area contributed by atoms with Crippen molar-refractivity contribution in [2.24, 2.45) is 0 Å². The van der Waals surface area contributed by atoms with Crippen LogP contribution in [0.3, 0.4) is 0 Å². The third-order valence-electron chi connectivity index (χ3n) is 3.46. The second kappa shape index (κ2) is 8.42. The van der Waals surface area contributed by atoms with Crippen molar-refractivity contribution in [2.45, 2.75) is 37.6 Å². The Hall–Kier alpha value is -1.44. The van der Waals surface area contributed by atoms with Crippen molar-refractivity contribution < 1.29 is 12.9 Å². The first-order chi connectivity index (χ1) is 10.4. The Labute approximate surface area is 143 Å². The zero-order valence-corrected chi connectivity index (χ0v) is 15.1. The van der Waals surface area contributed by atoms with E-state index >= 15 is 0 Å². The Morgan fingerprint density at radius 2 is 1.91 bits per heavy atom. The number of halogens is 1. The molecule has 0 radical (unpaired) electrons. The Morgan fingerprint density at radius 1 is 1.26 bits per heavy atom. The normalized spacial score (nSPS) is 12.7. The van der Waals surface area contributed by atoms with E-state index in [1.54, 1.807) is 24.3 Å². The third-order valence-corrected chi connectivity index (χ3v) is 5.19. The number of aromatic nitrogens is 2. The number of likely N-dealkylation sites (N-methyl/N-ethyl adjacent to an activating group) is 1. The largest absolute Gasteiger partial charge is 0.339 e. The van der Waals surface area contributed by atoms with Crippen LogP contribution in [0.1, 0.15) is 24.2 Å². The van der Waals surface area contributed by atoms with Gasteiger partial charge < -0.3 is 9.84 Å². The molecule has 8 heteroatoms. The lowest BCUT2D eigenvalue weighted by atomic mass is 10.2. The van der Waals surface area contributed by atoms with Gasteiger partial charge in [0, 0.05) is 18.9 Å². The SMILES string of the molecule is CNC(C)Cc1noc(CCS(=O)(=O)c2ccc(C)cc2)n1.Cl. The number of aryl methyl sites for hydroxylation is 2. The van der Waals surface area contributed by atoms with E-state index in [1.165, 1.54) is 0 Å². The Balaban J connectivity index is 0.00000264. The fourth-order valence-corrected chi connectivity index (χ4v) is 3.17. The molecule has 0 spiro atoms. The summed E-state index contributed by atoms with van der Waals surface area (Å²) in [6.07, 6.45) is 0.863. The number of sulfone groups is 1. The molecule has 0 aliphatic heterocycles. The summed E-state index contributed by atoms with van der Waals surface area (Å²) in [4.78, 5) is 4.55. The molecule has 1 aromatic heterocycles. The van der Waals surface area contributed by atoms with Crippen LogP contribution in [0.5, 0.6) is 0 Å². The van der Waals surface area contributed by atoms with Gasteiger partial charge in [-0.25, -0.2) is 8.42 Å². The van der Waals surface area contributed by atoms with Gasteiger partial charge in [0.05, 0.1) is 10.6 Å². The highest BCUT2D eigenvalue weighted by atomic mass is 35.5. The molecule has 0 aliphatic carbocycles. The van der Waals surface area contributed by atoms with E-state index in [1.807, 2.05) is 20.9 Å². The van der Waals surface area contributed by atoms with Crippen molar-refractivity contribution in [1.29, 1.82) is 0 Å². The minimum absolute atomic E-state index is 0. The Morgan fingerprint density at radius 3 is 2.52 bits per heavy atom. The van der Waals surface area contributed by atoms with Gasteiger partial charge >= 0.3 is 0 Å². The summed E-state index contributed by atoms with van der Waals surface area (Å²) in [6.45, 7) is 3.93. The summed E-state index contributed by atoms with van der Waals surface area (Å²) >= 11 is 0. The van der Waals surface area contributed by atoms with Gasteiger partial charge in [0.1, 0.15) is 0 Å². The minimum Gasteiger partial charge on any atom is -0.339 e. The zero-order valence-electron chi connectivity index (χ0n) is 13.4. The lowest BCUT2D eigenvalue weighted by Gasteiger charge is -2.04. The van der Waals surface area contributed by atoms with Gasteiger partial charge in [-0.3, -0.25) is 0 Å². The molecule has 1 unspecified atom stereocenters. The molecule has 0 fully saturated rings. The number of benzene rings is 1. The smallest absolute Gasteiger partial charge is 0.227 e. The van der Waals surface area contributed by atoms with Crippen LogP contribution in [0.2, 0.25) is 0 Å². The molecular weight excluding hydrogens is 338 g/mol. The van der Waals surface area contributed by atoms with Gasteiger partial charge in [0.15, 0.2) is 15.7 Å². The molecule has 1 heterocycles. The molecule has 2 rings (SSSR count). The summed E-state index contributed by atoms with van der Waals surface area (Å²) in [7, 11) is -1.47. The topological polar surface area (TPSA) is 85.1 Å². The summed E-state index contributed by atoms with van der Waals surface area (Å²) in [5.41, 5.74) is 1.03. The molecule has 1 aromatic carbocycles. The van der Waals surface area contributed by atoms with E-state index in [9.17, 15) is 8.42 Å². The average Bonchev–Trinajstić information content (AvgIpc) is 2.93. The maximum atomic E-state index is 12.2. The van der Waals surface area contributed by atoms with Crippen LogP contribution in [0.15, 0.2) is 33.7 Å². The van der Waals surface area contributed by atoms with Gasteiger partial charge in [0.25, 0.3) is 0 Å². The fourth-order valence-electron chi connectivity index (χ4n) is 1.94. The molecule has 6 nitrogen and oxygen atoms in total. The van der Waals surface area contributed by atoms with E-state index < -0.39 is 9.84 Å². The second-order valence-electron chi connectivity index (χ2n) is 5.38. The predicted molar refractivity (Wildman–Crippen MR) is 90.7 cm³/mol. The highest BCUT2D eigenvalue weighted by molar-refractivity contribution is 7.91. The summed E-state index contributed by atoms with van der Waals surface area (Å²) in [6, 6.07) is 7.06. The van der Waals surface area contributed by atoms with Gasteiger partial charge in [-0.1, -0.05) is 22.9 Å². The number of nitrogens with zero attached hydrogens (tertiary/aromatic N) is 2. The number of rotatable bonds is 7. The Kier molecular flexibility index (Phi) is 7.18. The monoisotopic (exact) mass is 359 g/mol. The van der Waals surface area contributed by atoms with Crippen molar-refractivity contribution in [3.8, 4) is 0 Å². The van der Waals surface area contributed by atoms with Crippen molar-refractivity contribution in [3.05, 3.63) is 41.5 Å². The number of nitrogens with one attached hydrogen (secondary N) is 1. The van der Waals surface area contributed by atoms with Gasteiger partial charge in [-0.05, 0) is 33.0 Å². The summed E-state index contributed by atoms with van der Waals surface area (Å²) in [5.74, 6) is 0.901. The van der Waals surface area contributed by atoms with Crippen LogP contribution in [0, 0.1) is 6.92 Å². The van der Waals surface area contributed by atoms with Crippen LogP contribution < -0.4 is 5.32 Å². The molecule has 23 heavy (non-hydrogen) atoms. The first-order valence-electron chi connectivity index (χ1n) is 7.19. The molecule has 0 amide bonds. The predicted octanol–water partition coefficient (Wildman–Crippen LogP) is 1.97. The fraction of sp³-hybridized carbons (Fsp3) is 0.467. The lowest BCUT2D eigenvalue weighted by Crippen LogP contribution is -2.24. The minimum atomic E-state index is -3.33. The molecule has 1 N–H and O–H groups in total. The third kappa shape index (κ3) is 5.60. The summed E-state index contributed by atoms with van der Waals surface area (Å²) < 4.78 is 29.6. The quantitative estimate of drug-likeness (QED) is 0.813. The van der Waals surface area contributed by atoms with E-state index in [4.69, 9.17) is 4.52 Å². The zero-order chi connectivity index (χ0) is 16.2. The number of hydrogen-bond acceptors (Lipinski definition) is 6. The van der Waals surface area contributed by atoms with Crippen molar-refractivity contribution in [3.63, 3.8) is 0 Å². The van der Waals surface area contributed by atoms with Crippen molar-refractivity contribution in [1.82, 2.24) is 15.5 Å². The van der Waals surface area contributed by atoms with Crippen LogP contribution in [0.25, 0.3) is 0 Å². The van der Waals surface area contributed by atoms with E-state index in [0.717, 1.165) is 5.56 Å². The molecular formula is C15H22ClN3O3S. The van der Waals surface area contributed by atoms with Crippen molar-refractivity contribution in [2.75, 3.05) is 12.8 Å². The van der Waals surface area contributed by atoms with Gasteiger partial charge in [0.2, 0.25) is 5.89 Å². The second-order valence-corrected chi connectivity index (χ2v) is 7.49. The molecule has 1 atom stereocenters. The molecule has 0 saturated heterocycles. The van der Waals surface area contributed by atoms with Crippen LogP contribution in [-0.2, 0) is 22.7 Å². The average molecular weight is 360 g/mol. The highest BCUT2D eigenvalue weighted by Gasteiger charge is 2.17. The standard InChI is InChI=1S/C15H21N3O3S.ClH/c1-11-4-6-13(7-5-11)22(19,20)9-8-15-17-14(18-21-15)10-12(2)16-3;/h4-7,12,16H,8-10H2,1-3H3;1H. The summed E-state index contributed by atoms with van der Waals surface area (Å²) in [5, 5.41) is 6.96. The number of hydrogen-bond donors (Lipinski definition) is 1. The highest BCUT2D eigenvalue weighted by Crippen LogP contribution is 2.13. The first-order valence-corrected chi connectivity index (χ1v) is 8.84. The van der Waals surface area contributed by atoms with E-state index in [0.29, 0.717) is 23.0 Å². The first kappa shape index (κ1) is 19.6.